The van der Waals surface area contributed by atoms with Crippen LogP contribution >= 0.6 is 24.0 Å². The van der Waals surface area contributed by atoms with Gasteiger partial charge >= 0.3 is 0 Å². The van der Waals surface area contributed by atoms with Crippen molar-refractivity contribution in [1.82, 2.24) is 15.2 Å². The van der Waals surface area contributed by atoms with Gasteiger partial charge in [-0.2, -0.15) is 0 Å². The van der Waals surface area contributed by atoms with Gasteiger partial charge in [-0.1, -0.05) is 0 Å². The molecule has 0 aliphatic carbocycles. The SMILES string of the molecule is CCNC(=NCc1ccnc(Oc2ccc(F)cc2)c1)N1CCCC(CC(N)=O)C1.I. The van der Waals surface area contributed by atoms with Gasteiger partial charge in [-0.15, -0.1) is 24.0 Å². The number of halogens is 2. The standard InChI is InChI=1S/C22H28FN5O2.HI/c1-2-25-22(28-11-3-4-17(15-28)12-20(24)29)27-14-16-9-10-26-21(13-16)30-19-7-5-18(23)6-8-19;/h5-10,13,17H,2-4,11-12,14-15H2,1H3,(H2,24,29)(H,25,27);1H. The van der Waals surface area contributed by atoms with Gasteiger partial charge in [0, 0.05) is 38.3 Å². The number of nitrogens with one attached hydrogen (secondary N) is 1. The Morgan fingerprint density at radius 2 is 2.13 bits per heavy atom. The van der Waals surface area contributed by atoms with E-state index >= 15 is 0 Å². The van der Waals surface area contributed by atoms with Crippen LogP contribution in [0.4, 0.5) is 4.39 Å². The predicted molar refractivity (Wildman–Crippen MR) is 129 cm³/mol. The molecule has 3 N–H and O–H groups in total. The molecule has 9 heteroatoms. The molecular formula is C22H29FIN5O2. The topological polar surface area (TPSA) is 92.8 Å². The summed E-state index contributed by atoms with van der Waals surface area (Å²) in [6, 6.07) is 9.51. The number of carbonyl (C=O) groups is 1. The molecule has 1 aromatic heterocycles. The van der Waals surface area contributed by atoms with Gasteiger partial charge in [0.05, 0.1) is 6.54 Å². The smallest absolute Gasteiger partial charge is 0.219 e. The molecule has 1 unspecified atom stereocenters. The zero-order valence-corrected chi connectivity index (χ0v) is 19.9. The summed E-state index contributed by atoms with van der Waals surface area (Å²) in [5, 5.41) is 3.33. The summed E-state index contributed by atoms with van der Waals surface area (Å²) in [4.78, 5) is 22.5. The maximum Gasteiger partial charge on any atom is 0.219 e. The third kappa shape index (κ3) is 7.97. The second kappa shape index (κ2) is 12.4. The van der Waals surface area contributed by atoms with Crippen LogP contribution in [-0.4, -0.2) is 41.4 Å². The molecule has 0 bridgehead atoms. The Kier molecular flexibility index (Phi) is 9.96. The number of guanidine groups is 1. The fraction of sp³-hybridized carbons (Fsp3) is 0.409. The van der Waals surface area contributed by atoms with Gasteiger partial charge in [-0.05, 0) is 61.6 Å². The molecule has 2 aromatic rings. The van der Waals surface area contributed by atoms with E-state index in [1.165, 1.54) is 12.1 Å². The summed E-state index contributed by atoms with van der Waals surface area (Å²) in [5.41, 5.74) is 6.32. The van der Waals surface area contributed by atoms with Crippen LogP contribution in [0.5, 0.6) is 11.6 Å². The Labute approximate surface area is 199 Å². The van der Waals surface area contributed by atoms with Gasteiger partial charge in [0.15, 0.2) is 5.96 Å². The highest BCUT2D eigenvalue weighted by atomic mass is 127. The van der Waals surface area contributed by atoms with Crippen molar-refractivity contribution >= 4 is 35.8 Å². The zero-order chi connectivity index (χ0) is 21.3. The number of aliphatic imine (C=N–C) groups is 1. The van der Waals surface area contributed by atoms with Crippen molar-refractivity contribution in [2.24, 2.45) is 16.6 Å². The van der Waals surface area contributed by atoms with Gasteiger partial charge in [0.2, 0.25) is 11.8 Å². The molecule has 1 aromatic carbocycles. The maximum atomic E-state index is 13.0. The molecule has 0 radical (unpaired) electrons. The molecule has 1 aliphatic heterocycles. The minimum atomic E-state index is -0.315. The number of likely N-dealkylation sites (tertiary alicyclic amines) is 1. The van der Waals surface area contributed by atoms with Crippen molar-refractivity contribution in [3.63, 3.8) is 0 Å². The number of piperidine rings is 1. The van der Waals surface area contributed by atoms with Crippen LogP contribution in [0.15, 0.2) is 47.6 Å². The molecule has 3 rings (SSSR count). The normalized spacial score (nSPS) is 16.4. The van der Waals surface area contributed by atoms with E-state index in [2.05, 4.69) is 15.2 Å². The van der Waals surface area contributed by atoms with Gasteiger partial charge in [0.25, 0.3) is 0 Å². The zero-order valence-electron chi connectivity index (χ0n) is 17.6. The Hall–Kier alpha value is -2.43. The number of ether oxygens (including phenoxy) is 1. The van der Waals surface area contributed by atoms with Gasteiger partial charge in [0.1, 0.15) is 11.6 Å². The molecule has 1 saturated heterocycles. The van der Waals surface area contributed by atoms with E-state index in [1.807, 2.05) is 19.1 Å². The third-order valence-electron chi connectivity index (χ3n) is 4.89. The Bertz CT molecular complexity index is 878. The van der Waals surface area contributed by atoms with Gasteiger partial charge in [-0.3, -0.25) is 4.79 Å². The van der Waals surface area contributed by atoms with E-state index < -0.39 is 0 Å². The quantitative estimate of drug-likeness (QED) is 0.317. The molecule has 0 spiro atoms. The number of aromatic nitrogens is 1. The minimum Gasteiger partial charge on any atom is -0.439 e. The van der Waals surface area contributed by atoms with E-state index in [-0.39, 0.29) is 41.6 Å². The number of primary amides is 1. The van der Waals surface area contributed by atoms with E-state index in [0.29, 0.717) is 24.6 Å². The fourth-order valence-corrected chi connectivity index (χ4v) is 3.53. The van der Waals surface area contributed by atoms with Crippen LogP contribution in [0.3, 0.4) is 0 Å². The first-order valence-electron chi connectivity index (χ1n) is 10.2. The van der Waals surface area contributed by atoms with Gasteiger partial charge in [-0.25, -0.2) is 14.4 Å². The highest BCUT2D eigenvalue weighted by Crippen LogP contribution is 2.21. The van der Waals surface area contributed by atoms with Crippen LogP contribution < -0.4 is 15.8 Å². The number of pyridine rings is 1. The maximum absolute atomic E-state index is 13.0. The van der Waals surface area contributed by atoms with Crippen molar-refractivity contribution in [1.29, 1.82) is 0 Å². The van der Waals surface area contributed by atoms with Crippen molar-refractivity contribution in [2.45, 2.75) is 32.7 Å². The summed E-state index contributed by atoms with van der Waals surface area (Å²) in [7, 11) is 0. The van der Waals surface area contributed by atoms with Crippen LogP contribution in [0.2, 0.25) is 0 Å². The summed E-state index contributed by atoms with van der Waals surface area (Å²) < 4.78 is 18.7. The molecular weight excluding hydrogens is 512 g/mol. The number of hydrogen-bond donors (Lipinski definition) is 2. The number of rotatable bonds is 7. The number of amides is 1. The minimum absolute atomic E-state index is 0. The van der Waals surface area contributed by atoms with Crippen LogP contribution in [0.1, 0.15) is 31.7 Å². The average molecular weight is 541 g/mol. The largest absolute Gasteiger partial charge is 0.439 e. The number of carbonyl (C=O) groups excluding carboxylic acids is 1. The second-order valence-electron chi connectivity index (χ2n) is 7.35. The average Bonchev–Trinajstić information content (AvgIpc) is 2.73. The summed E-state index contributed by atoms with van der Waals surface area (Å²) in [5.74, 6) is 1.46. The Balaban J connectivity index is 0.00000341. The lowest BCUT2D eigenvalue weighted by Crippen LogP contribution is -2.47. The van der Waals surface area contributed by atoms with Crippen molar-refractivity contribution in [3.05, 3.63) is 54.0 Å². The third-order valence-corrected chi connectivity index (χ3v) is 4.89. The lowest BCUT2D eigenvalue weighted by Gasteiger charge is -2.34. The van der Waals surface area contributed by atoms with E-state index in [1.54, 1.807) is 18.3 Å². The number of nitrogens with two attached hydrogens (primary N) is 1. The van der Waals surface area contributed by atoms with Crippen molar-refractivity contribution in [2.75, 3.05) is 19.6 Å². The molecule has 7 nitrogen and oxygen atoms in total. The van der Waals surface area contributed by atoms with Gasteiger partial charge < -0.3 is 20.7 Å². The highest BCUT2D eigenvalue weighted by molar-refractivity contribution is 14.0. The Morgan fingerprint density at radius 3 is 2.84 bits per heavy atom. The monoisotopic (exact) mass is 541 g/mol. The van der Waals surface area contributed by atoms with E-state index in [9.17, 15) is 9.18 Å². The molecule has 1 aliphatic rings. The summed E-state index contributed by atoms with van der Waals surface area (Å²) in [6.07, 6.45) is 4.09. The lowest BCUT2D eigenvalue weighted by molar-refractivity contribution is -0.119. The van der Waals surface area contributed by atoms with Crippen LogP contribution in [0, 0.1) is 11.7 Å². The van der Waals surface area contributed by atoms with Crippen LogP contribution in [0.25, 0.3) is 0 Å². The second-order valence-corrected chi connectivity index (χ2v) is 7.35. The number of nitrogens with zero attached hydrogens (tertiary/aromatic N) is 3. The van der Waals surface area contributed by atoms with Crippen LogP contribution in [-0.2, 0) is 11.3 Å². The van der Waals surface area contributed by atoms with E-state index in [0.717, 1.165) is 44.0 Å². The Morgan fingerprint density at radius 1 is 1.35 bits per heavy atom. The molecule has 168 valence electrons. The van der Waals surface area contributed by atoms with E-state index in [4.69, 9.17) is 15.5 Å². The molecule has 0 saturated carbocycles. The van der Waals surface area contributed by atoms with Crippen molar-refractivity contribution in [3.8, 4) is 11.6 Å². The fourth-order valence-electron chi connectivity index (χ4n) is 3.53. The van der Waals surface area contributed by atoms with Crippen molar-refractivity contribution < 1.29 is 13.9 Å². The first kappa shape index (κ1) is 24.8. The molecule has 1 fully saturated rings. The summed E-state index contributed by atoms with van der Waals surface area (Å²) >= 11 is 0. The molecule has 1 atom stereocenters. The number of hydrogen-bond acceptors (Lipinski definition) is 4. The molecule has 1 amide bonds. The first-order valence-corrected chi connectivity index (χ1v) is 10.2. The summed E-state index contributed by atoms with van der Waals surface area (Å²) in [6.45, 7) is 4.91. The lowest BCUT2D eigenvalue weighted by atomic mass is 9.95. The first-order chi connectivity index (χ1) is 14.5. The predicted octanol–water partition coefficient (Wildman–Crippen LogP) is 3.68. The molecule has 31 heavy (non-hydrogen) atoms. The highest BCUT2D eigenvalue weighted by Gasteiger charge is 2.23. The number of benzene rings is 1. The molecule has 2 heterocycles.